The van der Waals surface area contributed by atoms with Crippen LogP contribution in [0.1, 0.15) is 18.1 Å². The van der Waals surface area contributed by atoms with E-state index in [0.29, 0.717) is 6.61 Å². The zero-order valence-electron chi connectivity index (χ0n) is 8.19. The third-order valence-electron chi connectivity index (χ3n) is 1.93. The Balaban J connectivity index is 2.40. The predicted octanol–water partition coefficient (Wildman–Crippen LogP) is 1.85. The molecule has 1 aromatic rings. The number of carboxylic acid groups (broad SMARTS) is 1. The molecule has 0 bridgehead atoms. The first-order chi connectivity index (χ1) is 6.72. The zero-order valence-corrected chi connectivity index (χ0v) is 8.19. The van der Waals surface area contributed by atoms with E-state index >= 15 is 0 Å². The molecule has 1 rings (SSSR count). The standard InChI is InChI=1S/C11H14O3/c1-2-9-3-5-10(6-4-9)7-14-8-11(12)13/h3-6H,2,7-8H2,1H3,(H,12,13). The molecule has 3 heteroatoms. The van der Waals surface area contributed by atoms with Gasteiger partial charge in [-0.25, -0.2) is 4.79 Å². The molecule has 0 aliphatic heterocycles. The van der Waals surface area contributed by atoms with Gasteiger partial charge in [0.2, 0.25) is 0 Å². The summed E-state index contributed by atoms with van der Waals surface area (Å²) in [5.74, 6) is -0.935. The molecular formula is C11H14O3. The maximum absolute atomic E-state index is 10.2. The van der Waals surface area contributed by atoms with Gasteiger partial charge < -0.3 is 9.84 Å². The number of ether oxygens (including phenoxy) is 1. The van der Waals surface area contributed by atoms with E-state index < -0.39 is 5.97 Å². The number of aliphatic carboxylic acids is 1. The van der Waals surface area contributed by atoms with E-state index in [1.165, 1.54) is 5.56 Å². The molecule has 0 saturated carbocycles. The van der Waals surface area contributed by atoms with Crippen LogP contribution in [0.5, 0.6) is 0 Å². The summed E-state index contributed by atoms with van der Waals surface area (Å²) in [4.78, 5) is 10.2. The summed E-state index contributed by atoms with van der Waals surface area (Å²) in [5, 5.41) is 8.35. The maximum Gasteiger partial charge on any atom is 0.329 e. The van der Waals surface area contributed by atoms with Crippen LogP contribution in [0.3, 0.4) is 0 Å². The molecular weight excluding hydrogens is 180 g/mol. The highest BCUT2D eigenvalue weighted by Crippen LogP contribution is 2.05. The maximum atomic E-state index is 10.2. The highest BCUT2D eigenvalue weighted by atomic mass is 16.5. The first-order valence-corrected chi connectivity index (χ1v) is 4.59. The Morgan fingerprint density at radius 2 is 1.86 bits per heavy atom. The summed E-state index contributed by atoms with van der Waals surface area (Å²) in [6, 6.07) is 7.97. The molecule has 0 fully saturated rings. The molecule has 0 aromatic heterocycles. The number of rotatable bonds is 5. The van der Waals surface area contributed by atoms with Crippen LogP contribution in [0.4, 0.5) is 0 Å². The second-order valence-corrected chi connectivity index (χ2v) is 3.06. The SMILES string of the molecule is CCc1ccc(COCC(=O)O)cc1. The fraction of sp³-hybridized carbons (Fsp3) is 0.364. The number of carboxylic acids is 1. The molecule has 0 amide bonds. The van der Waals surface area contributed by atoms with Gasteiger partial charge in [0.1, 0.15) is 6.61 Å². The van der Waals surface area contributed by atoms with E-state index in [1.54, 1.807) is 0 Å². The Labute approximate surface area is 83.3 Å². The Hall–Kier alpha value is -1.35. The fourth-order valence-corrected chi connectivity index (χ4v) is 1.13. The van der Waals surface area contributed by atoms with Crippen molar-refractivity contribution in [2.75, 3.05) is 6.61 Å². The Morgan fingerprint density at radius 1 is 1.29 bits per heavy atom. The average molecular weight is 194 g/mol. The number of aryl methyl sites for hydroxylation is 1. The lowest BCUT2D eigenvalue weighted by atomic mass is 10.1. The molecule has 0 radical (unpaired) electrons. The van der Waals surface area contributed by atoms with Gasteiger partial charge in [0.15, 0.2) is 0 Å². The van der Waals surface area contributed by atoms with Crippen molar-refractivity contribution in [3.05, 3.63) is 35.4 Å². The summed E-state index contributed by atoms with van der Waals surface area (Å²) in [5.41, 5.74) is 2.27. The number of benzene rings is 1. The average Bonchev–Trinajstić information content (AvgIpc) is 2.18. The first-order valence-electron chi connectivity index (χ1n) is 4.59. The van der Waals surface area contributed by atoms with Crippen LogP contribution < -0.4 is 0 Å². The second kappa shape index (κ2) is 5.40. The molecule has 0 aliphatic rings. The molecule has 0 atom stereocenters. The molecule has 0 unspecified atom stereocenters. The lowest BCUT2D eigenvalue weighted by Crippen LogP contribution is -2.06. The van der Waals surface area contributed by atoms with E-state index in [2.05, 4.69) is 6.92 Å². The monoisotopic (exact) mass is 194 g/mol. The second-order valence-electron chi connectivity index (χ2n) is 3.06. The van der Waals surface area contributed by atoms with Crippen LogP contribution >= 0.6 is 0 Å². The van der Waals surface area contributed by atoms with Crippen LogP contribution in [-0.2, 0) is 22.6 Å². The van der Waals surface area contributed by atoms with Crippen molar-refractivity contribution in [1.29, 1.82) is 0 Å². The van der Waals surface area contributed by atoms with Crippen molar-refractivity contribution >= 4 is 5.97 Å². The predicted molar refractivity (Wildman–Crippen MR) is 53.1 cm³/mol. The minimum absolute atomic E-state index is 0.241. The quantitative estimate of drug-likeness (QED) is 0.778. The molecule has 0 aliphatic carbocycles. The molecule has 0 saturated heterocycles. The van der Waals surface area contributed by atoms with Crippen LogP contribution in [-0.4, -0.2) is 17.7 Å². The number of hydrogen-bond donors (Lipinski definition) is 1. The Morgan fingerprint density at radius 3 is 2.36 bits per heavy atom. The lowest BCUT2D eigenvalue weighted by Gasteiger charge is -2.02. The van der Waals surface area contributed by atoms with Gasteiger partial charge in [0, 0.05) is 0 Å². The largest absolute Gasteiger partial charge is 0.480 e. The Bertz CT molecular complexity index is 290. The van der Waals surface area contributed by atoms with Crippen molar-refractivity contribution in [3.63, 3.8) is 0 Å². The molecule has 0 heterocycles. The third-order valence-corrected chi connectivity index (χ3v) is 1.93. The smallest absolute Gasteiger partial charge is 0.329 e. The van der Waals surface area contributed by atoms with E-state index in [9.17, 15) is 4.79 Å². The summed E-state index contributed by atoms with van der Waals surface area (Å²) in [6.45, 7) is 2.21. The van der Waals surface area contributed by atoms with Gasteiger partial charge in [-0.15, -0.1) is 0 Å². The van der Waals surface area contributed by atoms with Crippen LogP contribution in [0, 0.1) is 0 Å². The third kappa shape index (κ3) is 3.58. The van der Waals surface area contributed by atoms with Gasteiger partial charge in [-0.05, 0) is 17.5 Å². The van der Waals surface area contributed by atoms with Crippen LogP contribution in [0.25, 0.3) is 0 Å². The van der Waals surface area contributed by atoms with Gasteiger partial charge in [-0.1, -0.05) is 31.2 Å². The zero-order chi connectivity index (χ0) is 10.4. The molecule has 1 N–H and O–H groups in total. The van der Waals surface area contributed by atoms with Gasteiger partial charge in [0.05, 0.1) is 6.61 Å². The minimum atomic E-state index is -0.935. The molecule has 76 valence electrons. The molecule has 0 spiro atoms. The normalized spacial score (nSPS) is 10.1. The highest BCUT2D eigenvalue weighted by molar-refractivity contribution is 5.67. The van der Waals surface area contributed by atoms with E-state index in [-0.39, 0.29) is 6.61 Å². The first kappa shape index (κ1) is 10.7. The van der Waals surface area contributed by atoms with Crippen molar-refractivity contribution in [3.8, 4) is 0 Å². The van der Waals surface area contributed by atoms with Crippen LogP contribution in [0.2, 0.25) is 0 Å². The minimum Gasteiger partial charge on any atom is -0.480 e. The Kier molecular flexibility index (Phi) is 4.13. The molecule has 1 aromatic carbocycles. The van der Waals surface area contributed by atoms with E-state index in [1.807, 2.05) is 24.3 Å². The van der Waals surface area contributed by atoms with Gasteiger partial charge >= 0.3 is 5.97 Å². The van der Waals surface area contributed by atoms with Crippen molar-refractivity contribution in [2.24, 2.45) is 0 Å². The fourth-order valence-electron chi connectivity index (χ4n) is 1.13. The topological polar surface area (TPSA) is 46.5 Å². The highest BCUT2D eigenvalue weighted by Gasteiger charge is 1.97. The summed E-state index contributed by atoms with van der Waals surface area (Å²) in [6.07, 6.45) is 1.01. The van der Waals surface area contributed by atoms with Crippen LogP contribution in [0.15, 0.2) is 24.3 Å². The van der Waals surface area contributed by atoms with E-state index in [4.69, 9.17) is 9.84 Å². The molecule has 14 heavy (non-hydrogen) atoms. The van der Waals surface area contributed by atoms with Gasteiger partial charge in [-0.3, -0.25) is 0 Å². The van der Waals surface area contributed by atoms with Crippen molar-refractivity contribution in [1.82, 2.24) is 0 Å². The van der Waals surface area contributed by atoms with Gasteiger partial charge in [0.25, 0.3) is 0 Å². The lowest BCUT2D eigenvalue weighted by molar-refractivity contribution is -0.142. The van der Waals surface area contributed by atoms with Crippen molar-refractivity contribution in [2.45, 2.75) is 20.0 Å². The summed E-state index contributed by atoms with van der Waals surface area (Å²) >= 11 is 0. The van der Waals surface area contributed by atoms with E-state index in [0.717, 1.165) is 12.0 Å². The summed E-state index contributed by atoms with van der Waals surface area (Å²) < 4.78 is 4.96. The molecule has 3 nitrogen and oxygen atoms in total. The number of carbonyl (C=O) groups is 1. The van der Waals surface area contributed by atoms with Gasteiger partial charge in [-0.2, -0.15) is 0 Å². The number of hydrogen-bond acceptors (Lipinski definition) is 2. The van der Waals surface area contributed by atoms with Crippen molar-refractivity contribution < 1.29 is 14.6 Å². The summed E-state index contributed by atoms with van der Waals surface area (Å²) in [7, 11) is 0.